The van der Waals surface area contributed by atoms with Gasteiger partial charge in [0.1, 0.15) is 6.04 Å². The highest BCUT2D eigenvalue weighted by Gasteiger charge is 2.37. The number of nitrogens with one attached hydrogen (secondary N) is 1. The standard InChI is InChI=1S/C21H34N4O3/c1-21(2,3)28-20(27)25-10-9-22-15-18(25)19(26)24-13-11-23(12-14-24)16-17-7-5-4-6-8-17/h4-8,18,20,22,27H,9-16H2,1-3H3/t18-,20?/m1/s1. The molecule has 0 aliphatic carbocycles. The van der Waals surface area contributed by atoms with E-state index in [2.05, 4.69) is 34.5 Å². The van der Waals surface area contributed by atoms with Gasteiger partial charge in [-0.05, 0) is 26.3 Å². The summed E-state index contributed by atoms with van der Waals surface area (Å²) in [5, 5.41) is 13.8. The van der Waals surface area contributed by atoms with Crippen molar-refractivity contribution in [3.8, 4) is 0 Å². The molecule has 2 aliphatic rings. The van der Waals surface area contributed by atoms with Crippen molar-refractivity contribution >= 4 is 5.91 Å². The molecule has 2 aliphatic heterocycles. The van der Waals surface area contributed by atoms with Crippen LogP contribution in [0.1, 0.15) is 26.3 Å². The van der Waals surface area contributed by atoms with Gasteiger partial charge in [-0.3, -0.25) is 9.69 Å². The molecule has 28 heavy (non-hydrogen) atoms. The van der Waals surface area contributed by atoms with Gasteiger partial charge in [0.15, 0.2) is 0 Å². The summed E-state index contributed by atoms with van der Waals surface area (Å²) in [4.78, 5) is 19.2. The first-order chi connectivity index (χ1) is 13.3. The zero-order valence-electron chi connectivity index (χ0n) is 17.3. The van der Waals surface area contributed by atoms with E-state index in [4.69, 9.17) is 4.74 Å². The highest BCUT2D eigenvalue weighted by molar-refractivity contribution is 5.82. The summed E-state index contributed by atoms with van der Waals surface area (Å²) in [6.45, 7) is 11.6. The normalized spacial score (nSPS) is 23.6. The van der Waals surface area contributed by atoms with Crippen LogP contribution in [0.25, 0.3) is 0 Å². The van der Waals surface area contributed by atoms with Crippen LogP contribution in [-0.2, 0) is 16.1 Å². The molecule has 0 radical (unpaired) electrons. The van der Waals surface area contributed by atoms with Crippen molar-refractivity contribution in [3.63, 3.8) is 0 Å². The van der Waals surface area contributed by atoms with Crippen molar-refractivity contribution < 1.29 is 14.6 Å². The Hall–Kier alpha value is -1.51. The first kappa shape index (κ1) is 21.2. The van der Waals surface area contributed by atoms with Crippen LogP contribution in [0.2, 0.25) is 0 Å². The number of aliphatic hydroxyl groups is 1. The molecule has 1 aromatic carbocycles. The van der Waals surface area contributed by atoms with E-state index >= 15 is 0 Å². The van der Waals surface area contributed by atoms with Gasteiger partial charge in [-0.1, -0.05) is 30.3 Å². The van der Waals surface area contributed by atoms with Gasteiger partial charge in [0, 0.05) is 52.4 Å². The van der Waals surface area contributed by atoms with Crippen molar-refractivity contribution in [2.75, 3.05) is 45.8 Å². The fourth-order valence-electron chi connectivity index (χ4n) is 3.78. The van der Waals surface area contributed by atoms with Gasteiger partial charge in [0.25, 0.3) is 0 Å². The number of carbonyl (C=O) groups is 1. The summed E-state index contributed by atoms with van der Waals surface area (Å²) < 4.78 is 5.70. The third-order valence-corrected chi connectivity index (χ3v) is 5.25. The van der Waals surface area contributed by atoms with Crippen molar-refractivity contribution in [1.82, 2.24) is 20.0 Å². The number of carbonyl (C=O) groups excluding carboxylic acids is 1. The van der Waals surface area contributed by atoms with Gasteiger partial charge in [0.2, 0.25) is 12.3 Å². The molecule has 3 rings (SSSR count). The van der Waals surface area contributed by atoms with Crippen molar-refractivity contribution in [2.45, 2.75) is 45.4 Å². The number of piperazine rings is 2. The molecule has 1 amide bonds. The highest BCUT2D eigenvalue weighted by Crippen LogP contribution is 2.18. The quantitative estimate of drug-likeness (QED) is 0.722. The Balaban J connectivity index is 1.55. The van der Waals surface area contributed by atoms with Crippen LogP contribution in [0.15, 0.2) is 30.3 Å². The van der Waals surface area contributed by atoms with Gasteiger partial charge in [-0.15, -0.1) is 0 Å². The number of amides is 1. The van der Waals surface area contributed by atoms with Gasteiger partial charge in [-0.25, -0.2) is 4.90 Å². The zero-order chi connectivity index (χ0) is 20.1. The monoisotopic (exact) mass is 390 g/mol. The van der Waals surface area contributed by atoms with Crippen LogP contribution in [0, 0.1) is 0 Å². The molecule has 2 fully saturated rings. The van der Waals surface area contributed by atoms with Crippen LogP contribution in [-0.4, -0.2) is 89.6 Å². The van der Waals surface area contributed by atoms with Gasteiger partial charge in [-0.2, -0.15) is 0 Å². The number of hydrogen-bond donors (Lipinski definition) is 2. The minimum absolute atomic E-state index is 0.0723. The Morgan fingerprint density at radius 3 is 2.50 bits per heavy atom. The number of nitrogens with zero attached hydrogens (tertiary/aromatic N) is 3. The second kappa shape index (κ2) is 9.33. The fraction of sp³-hybridized carbons (Fsp3) is 0.667. The lowest BCUT2D eigenvalue weighted by molar-refractivity contribution is -0.250. The Labute approximate surface area is 168 Å². The van der Waals surface area contributed by atoms with Crippen molar-refractivity contribution in [2.24, 2.45) is 0 Å². The van der Waals surface area contributed by atoms with Gasteiger partial charge < -0.3 is 20.1 Å². The topological polar surface area (TPSA) is 68.3 Å². The molecule has 156 valence electrons. The van der Waals surface area contributed by atoms with Gasteiger partial charge >= 0.3 is 0 Å². The number of benzene rings is 1. The van der Waals surface area contributed by atoms with Crippen LogP contribution in [0.4, 0.5) is 0 Å². The van der Waals surface area contributed by atoms with Crippen LogP contribution in [0.5, 0.6) is 0 Å². The van der Waals surface area contributed by atoms with E-state index in [-0.39, 0.29) is 5.91 Å². The fourth-order valence-corrected chi connectivity index (χ4v) is 3.78. The molecule has 7 heteroatoms. The molecular formula is C21H34N4O3. The molecule has 1 aromatic rings. The number of aliphatic hydroxyl groups excluding tert-OH is 1. The second-order valence-corrected chi connectivity index (χ2v) is 8.60. The van der Waals surface area contributed by atoms with E-state index in [1.54, 1.807) is 4.90 Å². The molecule has 7 nitrogen and oxygen atoms in total. The lowest BCUT2D eigenvalue weighted by atomic mass is 10.1. The minimum Gasteiger partial charge on any atom is -0.356 e. The summed E-state index contributed by atoms with van der Waals surface area (Å²) in [5.41, 5.74) is 0.827. The molecule has 2 heterocycles. The maximum atomic E-state index is 13.2. The summed E-state index contributed by atoms with van der Waals surface area (Å²) in [6.07, 6.45) is -1.07. The molecule has 0 spiro atoms. The van der Waals surface area contributed by atoms with E-state index in [0.717, 1.165) is 26.2 Å². The lowest BCUT2D eigenvalue weighted by Gasteiger charge is -2.43. The minimum atomic E-state index is -1.07. The average Bonchev–Trinajstić information content (AvgIpc) is 2.67. The smallest absolute Gasteiger partial charge is 0.241 e. The molecule has 0 aromatic heterocycles. The molecule has 1 unspecified atom stereocenters. The first-order valence-electron chi connectivity index (χ1n) is 10.2. The SMILES string of the molecule is CC(C)(C)OC(O)N1CCNC[C@@H]1C(=O)N1CCN(Cc2ccccc2)CC1. The summed E-state index contributed by atoms with van der Waals surface area (Å²) in [5.74, 6) is 0.0723. The lowest BCUT2D eigenvalue weighted by Crippen LogP contribution is -2.63. The van der Waals surface area contributed by atoms with E-state index < -0.39 is 18.1 Å². The Morgan fingerprint density at radius 1 is 1.18 bits per heavy atom. The molecule has 2 N–H and O–H groups in total. The third kappa shape index (κ3) is 5.75. The third-order valence-electron chi connectivity index (χ3n) is 5.25. The average molecular weight is 391 g/mol. The van der Waals surface area contributed by atoms with E-state index in [1.165, 1.54) is 5.56 Å². The predicted octanol–water partition coefficient (Wildman–Crippen LogP) is 0.696. The summed E-state index contributed by atoms with van der Waals surface area (Å²) in [6, 6.07) is 10.0. The maximum absolute atomic E-state index is 13.2. The molecular weight excluding hydrogens is 356 g/mol. The van der Waals surface area contributed by atoms with Gasteiger partial charge in [0.05, 0.1) is 5.60 Å². The van der Waals surface area contributed by atoms with Crippen molar-refractivity contribution in [1.29, 1.82) is 0 Å². The zero-order valence-corrected chi connectivity index (χ0v) is 17.3. The molecule has 2 atom stereocenters. The van der Waals surface area contributed by atoms with E-state index in [1.807, 2.05) is 31.7 Å². The number of rotatable bonds is 5. The Morgan fingerprint density at radius 2 is 1.86 bits per heavy atom. The van der Waals surface area contributed by atoms with Crippen LogP contribution in [0.3, 0.4) is 0 Å². The maximum Gasteiger partial charge on any atom is 0.241 e. The van der Waals surface area contributed by atoms with Crippen LogP contribution >= 0.6 is 0 Å². The van der Waals surface area contributed by atoms with E-state index in [9.17, 15) is 9.90 Å². The first-order valence-corrected chi connectivity index (χ1v) is 10.2. The largest absolute Gasteiger partial charge is 0.356 e. The summed E-state index contributed by atoms with van der Waals surface area (Å²) >= 11 is 0. The Bertz CT molecular complexity index is 626. The predicted molar refractivity (Wildman–Crippen MR) is 109 cm³/mol. The molecule has 0 bridgehead atoms. The second-order valence-electron chi connectivity index (χ2n) is 8.60. The number of ether oxygens (including phenoxy) is 1. The molecule has 0 saturated carbocycles. The highest BCUT2D eigenvalue weighted by atomic mass is 16.6. The summed E-state index contributed by atoms with van der Waals surface area (Å²) in [7, 11) is 0. The van der Waals surface area contributed by atoms with E-state index in [0.29, 0.717) is 26.2 Å². The van der Waals surface area contributed by atoms with Crippen molar-refractivity contribution in [3.05, 3.63) is 35.9 Å². The Kier molecular flexibility index (Phi) is 7.06. The number of hydrogen-bond acceptors (Lipinski definition) is 6. The van der Waals surface area contributed by atoms with Crippen LogP contribution < -0.4 is 5.32 Å². The molecule has 2 saturated heterocycles.